The van der Waals surface area contributed by atoms with Gasteiger partial charge in [-0.15, -0.1) is 11.3 Å². The van der Waals surface area contributed by atoms with Crippen molar-refractivity contribution >= 4 is 40.7 Å². The molecule has 2 aromatic rings. The van der Waals surface area contributed by atoms with Crippen LogP contribution in [0.15, 0.2) is 32.8 Å². The van der Waals surface area contributed by atoms with E-state index >= 15 is 0 Å². The van der Waals surface area contributed by atoms with E-state index in [-0.39, 0.29) is 23.2 Å². The summed E-state index contributed by atoms with van der Waals surface area (Å²) in [5, 5.41) is 16.2. The second-order valence-corrected chi connectivity index (χ2v) is 9.54. The van der Waals surface area contributed by atoms with E-state index in [0.29, 0.717) is 15.2 Å². The van der Waals surface area contributed by atoms with Crippen LogP contribution in [-0.4, -0.2) is 34.4 Å². The van der Waals surface area contributed by atoms with Crippen LogP contribution in [0.4, 0.5) is 5.69 Å². The second-order valence-electron chi connectivity index (χ2n) is 7.40. The van der Waals surface area contributed by atoms with Gasteiger partial charge in [-0.2, -0.15) is 0 Å². The van der Waals surface area contributed by atoms with Crippen molar-refractivity contribution in [2.24, 2.45) is 5.92 Å². The third kappa shape index (κ3) is 6.02. The second kappa shape index (κ2) is 10.0. The number of nitro benzene ring substituents is 1. The number of esters is 1. The van der Waals surface area contributed by atoms with E-state index < -0.39 is 17.5 Å². The Morgan fingerprint density at radius 3 is 2.70 bits per heavy atom. The van der Waals surface area contributed by atoms with Crippen LogP contribution in [0.5, 0.6) is 0 Å². The maximum Gasteiger partial charge on any atom is 0.338 e. The highest BCUT2D eigenvalue weighted by Crippen LogP contribution is 2.36. The molecule has 1 aromatic carbocycles. The molecule has 1 N–H and O–H groups in total. The smallest absolute Gasteiger partial charge is 0.338 e. The number of thiazole rings is 1. The minimum absolute atomic E-state index is 0.0284. The van der Waals surface area contributed by atoms with Crippen molar-refractivity contribution < 1.29 is 19.2 Å². The molecular formula is C20H23N3O5S2. The number of hydrogen-bond acceptors (Lipinski definition) is 8. The van der Waals surface area contributed by atoms with Crippen LogP contribution >= 0.6 is 23.1 Å². The maximum atomic E-state index is 12.3. The normalized spacial score (nSPS) is 18.6. The van der Waals surface area contributed by atoms with Gasteiger partial charge in [0.1, 0.15) is 0 Å². The number of rotatable bonds is 7. The van der Waals surface area contributed by atoms with Crippen LogP contribution in [0.2, 0.25) is 0 Å². The monoisotopic (exact) mass is 449 g/mol. The summed E-state index contributed by atoms with van der Waals surface area (Å²) in [6.07, 6.45) is 3.98. The summed E-state index contributed by atoms with van der Waals surface area (Å²) in [4.78, 5) is 39.9. The molecule has 1 amide bonds. The first-order chi connectivity index (χ1) is 14.3. The lowest BCUT2D eigenvalue weighted by Crippen LogP contribution is -2.39. The van der Waals surface area contributed by atoms with Crippen molar-refractivity contribution in [1.82, 2.24) is 10.3 Å². The third-order valence-electron chi connectivity index (χ3n) is 4.90. The van der Waals surface area contributed by atoms with Crippen LogP contribution in [0.25, 0.3) is 0 Å². The van der Waals surface area contributed by atoms with E-state index in [0.717, 1.165) is 31.4 Å². The molecule has 0 unspecified atom stereocenters. The van der Waals surface area contributed by atoms with Gasteiger partial charge in [0.2, 0.25) is 0 Å². The topological polar surface area (TPSA) is 111 Å². The molecule has 3 rings (SSSR count). The van der Waals surface area contributed by atoms with Crippen molar-refractivity contribution in [3.63, 3.8) is 0 Å². The van der Waals surface area contributed by atoms with E-state index in [1.165, 1.54) is 41.3 Å². The quantitative estimate of drug-likeness (QED) is 0.380. The number of ether oxygens (including phenoxy) is 1. The minimum atomic E-state index is -0.771. The molecule has 0 aliphatic heterocycles. The van der Waals surface area contributed by atoms with Gasteiger partial charge >= 0.3 is 5.97 Å². The number of carbonyl (C=O) groups excluding carboxylic acids is 2. The molecule has 0 bridgehead atoms. The van der Waals surface area contributed by atoms with Gasteiger partial charge in [0.25, 0.3) is 11.6 Å². The fourth-order valence-corrected chi connectivity index (χ4v) is 5.11. The number of hydrogen-bond donors (Lipinski definition) is 1. The lowest BCUT2D eigenvalue weighted by molar-refractivity contribution is -0.387. The maximum absolute atomic E-state index is 12.3. The molecule has 0 atom stereocenters. The van der Waals surface area contributed by atoms with Gasteiger partial charge in [0.05, 0.1) is 15.4 Å². The summed E-state index contributed by atoms with van der Waals surface area (Å²) in [6.45, 7) is 3.63. The van der Waals surface area contributed by atoms with Crippen molar-refractivity contribution in [2.45, 2.75) is 54.8 Å². The summed E-state index contributed by atoms with van der Waals surface area (Å²) in [7, 11) is 0. The number of aromatic nitrogens is 1. The first kappa shape index (κ1) is 22.2. The number of aryl methyl sites for hydroxylation is 1. The zero-order chi connectivity index (χ0) is 21.7. The Labute approximate surface area is 182 Å². The highest BCUT2D eigenvalue weighted by Gasteiger charge is 2.22. The molecule has 1 aromatic heterocycles. The van der Waals surface area contributed by atoms with Gasteiger partial charge in [-0.3, -0.25) is 14.9 Å². The largest absolute Gasteiger partial charge is 0.452 e. The Hall–Kier alpha value is -2.46. The van der Waals surface area contributed by atoms with E-state index in [1.807, 2.05) is 12.3 Å². The summed E-state index contributed by atoms with van der Waals surface area (Å²) in [5.41, 5.74) is 0.662. The minimum Gasteiger partial charge on any atom is -0.452 e. The molecule has 0 spiro atoms. The lowest BCUT2D eigenvalue weighted by Gasteiger charge is -2.26. The zero-order valence-corrected chi connectivity index (χ0v) is 18.4. The van der Waals surface area contributed by atoms with Crippen LogP contribution in [0.1, 0.15) is 48.7 Å². The van der Waals surface area contributed by atoms with E-state index in [4.69, 9.17) is 4.74 Å². The summed E-state index contributed by atoms with van der Waals surface area (Å²) >= 11 is 2.57. The molecule has 0 radical (unpaired) electrons. The average molecular weight is 450 g/mol. The van der Waals surface area contributed by atoms with E-state index in [9.17, 15) is 19.7 Å². The highest BCUT2D eigenvalue weighted by atomic mass is 32.2. The van der Waals surface area contributed by atoms with Gasteiger partial charge in [-0.25, -0.2) is 9.78 Å². The first-order valence-electron chi connectivity index (χ1n) is 9.66. The lowest BCUT2D eigenvalue weighted by atomic mass is 9.87. The Morgan fingerprint density at radius 2 is 2.07 bits per heavy atom. The standard InChI is InChI=1S/C20H23N3O5S2/c1-12-3-6-15(7-4-12)22-18(24)10-28-19(25)14-5-8-17(16(9-14)23(26)27)30-20-21-13(2)11-29-20/h5,8-9,11-12,15H,3-4,6-7,10H2,1-2H3,(H,22,24). The van der Waals surface area contributed by atoms with Gasteiger partial charge in [0, 0.05) is 23.2 Å². The number of amides is 1. The van der Waals surface area contributed by atoms with Crippen molar-refractivity contribution in [2.75, 3.05) is 6.61 Å². The fourth-order valence-electron chi connectivity index (χ4n) is 3.23. The van der Waals surface area contributed by atoms with Crippen molar-refractivity contribution in [1.29, 1.82) is 0 Å². The van der Waals surface area contributed by atoms with Crippen LogP contribution in [-0.2, 0) is 9.53 Å². The highest BCUT2D eigenvalue weighted by molar-refractivity contribution is 8.01. The molecule has 160 valence electrons. The summed E-state index contributed by atoms with van der Waals surface area (Å²) < 4.78 is 5.74. The van der Waals surface area contributed by atoms with Gasteiger partial charge in [-0.05, 0) is 50.7 Å². The molecule has 1 aliphatic rings. The Balaban J connectivity index is 1.59. The van der Waals surface area contributed by atoms with Gasteiger partial charge in [0.15, 0.2) is 10.9 Å². The van der Waals surface area contributed by atoms with Gasteiger partial charge < -0.3 is 10.1 Å². The molecule has 10 heteroatoms. The Bertz CT molecular complexity index is 938. The third-order valence-corrected chi connectivity index (χ3v) is 7.02. The average Bonchev–Trinajstić information content (AvgIpc) is 3.12. The van der Waals surface area contributed by atoms with Crippen molar-refractivity contribution in [3.8, 4) is 0 Å². The van der Waals surface area contributed by atoms with E-state index in [2.05, 4.69) is 17.2 Å². The molecule has 8 nitrogen and oxygen atoms in total. The van der Waals surface area contributed by atoms with E-state index in [1.54, 1.807) is 0 Å². The van der Waals surface area contributed by atoms with Gasteiger partial charge in [-0.1, -0.05) is 18.7 Å². The summed E-state index contributed by atoms with van der Waals surface area (Å²) in [5.74, 6) is -0.455. The number of nitro groups is 1. The summed E-state index contributed by atoms with van der Waals surface area (Å²) in [6, 6.07) is 4.24. The molecular weight excluding hydrogens is 426 g/mol. The first-order valence-corrected chi connectivity index (χ1v) is 11.4. The molecule has 1 fully saturated rings. The number of benzene rings is 1. The SMILES string of the molecule is Cc1csc(Sc2ccc(C(=O)OCC(=O)NC3CCC(C)CC3)cc2[N+](=O)[O-])n1. The number of nitrogens with zero attached hydrogens (tertiary/aromatic N) is 2. The fraction of sp³-hybridized carbons (Fsp3) is 0.450. The van der Waals surface area contributed by atoms with Crippen LogP contribution < -0.4 is 5.32 Å². The molecule has 1 heterocycles. The van der Waals surface area contributed by atoms with Crippen LogP contribution in [0, 0.1) is 23.0 Å². The molecule has 1 saturated carbocycles. The number of nitrogens with one attached hydrogen (secondary N) is 1. The van der Waals surface area contributed by atoms with Crippen LogP contribution in [0.3, 0.4) is 0 Å². The predicted octanol–water partition coefficient (Wildman–Crippen LogP) is 4.36. The molecule has 0 saturated heterocycles. The zero-order valence-electron chi connectivity index (χ0n) is 16.8. The van der Waals surface area contributed by atoms with Crippen molar-refractivity contribution in [3.05, 3.63) is 45.0 Å². The predicted molar refractivity (Wildman–Crippen MR) is 114 cm³/mol. The Kier molecular flexibility index (Phi) is 7.43. The molecule has 1 aliphatic carbocycles. The molecule has 30 heavy (non-hydrogen) atoms. The Morgan fingerprint density at radius 1 is 1.33 bits per heavy atom. The number of carbonyl (C=O) groups is 2.